The first kappa shape index (κ1) is 23.6. The number of carbonyl (C=O) groups is 1. The number of nitrogens with one attached hydrogen (secondary N) is 1. The minimum atomic E-state index is -0.691. The van der Waals surface area contributed by atoms with Gasteiger partial charge in [0, 0.05) is 37.0 Å². The lowest BCUT2D eigenvalue weighted by atomic mass is 9.99. The first-order valence-electron chi connectivity index (χ1n) is 11.0. The Bertz CT molecular complexity index is 1170. The maximum atomic E-state index is 13.9. The summed E-state index contributed by atoms with van der Waals surface area (Å²) in [5.41, 5.74) is 2.56. The van der Waals surface area contributed by atoms with E-state index in [0.717, 1.165) is 44.5 Å². The fourth-order valence-electron chi connectivity index (χ4n) is 3.74. The number of ether oxygens (including phenoxy) is 2. The topological polar surface area (TPSA) is 50.8 Å². The van der Waals surface area contributed by atoms with E-state index in [4.69, 9.17) is 9.47 Å². The molecule has 1 fully saturated rings. The summed E-state index contributed by atoms with van der Waals surface area (Å²) in [7, 11) is 1.53. The number of carbonyl (C=O) groups excluding carboxylic acids is 1. The van der Waals surface area contributed by atoms with E-state index in [9.17, 15) is 13.6 Å². The Labute approximate surface area is 197 Å². The molecule has 1 heterocycles. The average Bonchev–Trinajstić information content (AvgIpc) is 2.86. The summed E-state index contributed by atoms with van der Waals surface area (Å²) in [5.74, 6) is -1.02. The molecular weight excluding hydrogens is 438 g/mol. The Hall–Kier alpha value is -3.55. The lowest BCUT2D eigenvalue weighted by molar-refractivity contribution is 0.0435. The van der Waals surface area contributed by atoms with Gasteiger partial charge in [0.2, 0.25) is 0 Å². The molecule has 0 radical (unpaired) electrons. The normalized spacial score (nSPS) is 14.3. The van der Waals surface area contributed by atoms with Crippen molar-refractivity contribution in [3.8, 4) is 5.75 Å². The quantitative estimate of drug-likeness (QED) is 0.459. The van der Waals surface area contributed by atoms with E-state index in [1.165, 1.54) is 19.2 Å². The fraction of sp³-hybridized carbons (Fsp3) is 0.222. The van der Waals surface area contributed by atoms with Gasteiger partial charge in [0.05, 0.1) is 31.6 Å². The van der Waals surface area contributed by atoms with Crippen LogP contribution in [-0.4, -0.2) is 50.6 Å². The molecule has 176 valence electrons. The zero-order valence-corrected chi connectivity index (χ0v) is 18.9. The summed E-state index contributed by atoms with van der Waals surface area (Å²) < 4.78 is 37.8. The van der Waals surface area contributed by atoms with Gasteiger partial charge in [-0.2, -0.15) is 0 Å². The van der Waals surface area contributed by atoms with Crippen molar-refractivity contribution in [2.45, 2.75) is 0 Å². The molecule has 0 bridgehead atoms. The molecule has 4 rings (SSSR count). The summed E-state index contributed by atoms with van der Waals surface area (Å²) in [5, 5.41) is 2.89. The van der Waals surface area contributed by atoms with Gasteiger partial charge in [-0.15, -0.1) is 0 Å². The van der Waals surface area contributed by atoms with Crippen molar-refractivity contribution in [2.24, 2.45) is 0 Å². The van der Waals surface area contributed by atoms with E-state index in [2.05, 4.69) is 16.3 Å². The zero-order valence-electron chi connectivity index (χ0n) is 18.9. The zero-order chi connectivity index (χ0) is 23.9. The molecule has 0 spiro atoms. The molecule has 0 unspecified atom stereocenters. The van der Waals surface area contributed by atoms with Crippen molar-refractivity contribution in [3.05, 3.63) is 95.1 Å². The molecular formula is C27H26F2N2O3. The van der Waals surface area contributed by atoms with E-state index in [1.54, 1.807) is 30.3 Å². The largest absolute Gasteiger partial charge is 0.496 e. The number of hydrogen-bond donors (Lipinski definition) is 1. The SMILES string of the molecule is COc1ccc(/C=C/CN2CCOCC2)cc1C(=O)c1ccc(Nc2ccc(F)cc2F)cc1. The van der Waals surface area contributed by atoms with Crippen molar-refractivity contribution in [3.63, 3.8) is 0 Å². The molecule has 3 aromatic rings. The first-order chi connectivity index (χ1) is 16.5. The highest BCUT2D eigenvalue weighted by atomic mass is 19.1. The van der Waals surface area contributed by atoms with Gasteiger partial charge >= 0.3 is 0 Å². The molecule has 34 heavy (non-hydrogen) atoms. The molecule has 0 amide bonds. The van der Waals surface area contributed by atoms with Crippen LogP contribution in [0.15, 0.2) is 66.7 Å². The minimum absolute atomic E-state index is 0.152. The molecule has 0 atom stereocenters. The van der Waals surface area contributed by atoms with Crippen LogP contribution in [0.4, 0.5) is 20.2 Å². The number of hydrogen-bond acceptors (Lipinski definition) is 5. The summed E-state index contributed by atoms with van der Waals surface area (Å²) >= 11 is 0. The van der Waals surface area contributed by atoms with E-state index < -0.39 is 11.6 Å². The monoisotopic (exact) mass is 464 g/mol. The maximum absolute atomic E-state index is 13.9. The average molecular weight is 465 g/mol. The number of nitrogens with zero attached hydrogens (tertiary/aromatic N) is 1. The maximum Gasteiger partial charge on any atom is 0.196 e. The van der Waals surface area contributed by atoms with Crippen molar-refractivity contribution in [1.29, 1.82) is 0 Å². The fourth-order valence-corrected chi connectivity index (χ4v) is 3.74. The van der Waals surface area contributed by atoms with Gasteiger partial charge in [0.15, 0.2) is 5.78 Å². The number of rotatable bonds is 8. The highest BCUT2D eigenvalue weighted by molar-refractivity contribution is 6.11. The van der Waals surface area contributed by atoms with Crippen LogP contribution in [-0.2, 0) is 4.74 Å². The van der Waals surface area contributed by atoms with Crippen molar-refractivity contribution < 1.29 is 23.0 Å². The Morgan fingerprint density at radius 3 is 2.53 bits per heavy atom. The van der Waals surface area contributed by atoms with Gasteiger partial charge in [-0.3, -0.25) is 9.69 Å². The molecule has 0 aliphatic carbocycles. The van der Waals surface area contributed by atoms with Crippen molar-refractivity contribution in [2.75, 3.05) is 45.3 Å². The number of methoxy groups -OCH3 is 1. The van der Waals surface area contributed by atoms with Crippen LogP contribution in [0.5, 0.6) is 5.75 Å². The van der Waals surface area contributed by atoms with Crippen LogP contribution in [0.25, 0.3) is 6.08 Å². The summed E-state index contributed by atoms with van der Waals surface area (Å²) in [4.78, 5) is 15.5. The second-order valence-electron chi connectivity index (χ2n) is 7.93. The third-order valence-corrected chi connectivity index (χ3v) is 5.60. The first-order valence-corrected chi connectivity index (χ1v) is 11.0. The third kappa shape index (κ3) is 5.87. The van der Waals surface area contributed by atoms with Crippen LogP contribution in [0.2, 0.25) is 0 Å². The smallest absolute Gasteiger partial charge is 0.196 e. The van der Waals surface area contributed by atoms with Crippen LogP contribution in [0.1, 0.15) is 21.5 Å². The standard InChI is InChI=1S/C27H26F2N2O3/c1-33-26-11-4-19(3-2-12-31-13-15-34-16-14-31)17-23(26)27(32)20-5-8-22(9-6-20)30-25-10-7-21(28)18-24(25)29/h2-11,17-18,30H,12-16H2,1H3/b3-2+. The minimum Gasteiger partial charge on any atom is -0.496 e. The molecule has 0 aromatic heterocycles. The lowest BCUT2D eigenvalue weighted by Crippen LogP contribution is -2.36. The summed E-state index contributed by atoms with van der Waals surface area (Å²) in [6.45, 7) is 4.15. The van der Waals surface area contributed by atoms with Gasteiger partial charge in [0.1, 0.15) is 17.4 Å². The number of ketones is 1. The number of morpholine rings is 1. The van der Waals surface area contributed by atoms with E-state index in [1.807, 2.05) is 18.2 Å². The van der Waals surface area contributed by atoms with Crippen molar-refractivity contribution in [1.82, 2.24) is 4.90 Å². The van der Waals surface area contributed by atoms with E-state index in [0.29, 0.717) is 22.6 Å². The number of anilines is 2. The molecule has 7 heteroatoms. The third-order valence-electron chi connectivity index (χ3n) is 5.60. The number of benzene rings is 3. The second kappa shape index (κ2) is 11.0. The van der Waals surface area contributed by atoms with Crippen LogP contribution in [0, 0.1) is 11.6 Å². The van der Waals surface area contributed by atoms with E-state index >= 15 is 0 Å². The summed E-state index contributed by atoms with van der Waals surface area (Å²) in [6.07, 6.45) is 4.08. The Kier molecular flexibility index (Phi) is 7.67. The van der Waals surface area contributed by atoms with Crippen LogP contribution in [0.3, 0.4) is 0 Å². The lowest BCUT2D eigenvalue weighted by Gasteiger charge is -2.25. The summed E-state index contributed by atoms with van der Waals surface area (Å²) in [6, 6.07) is 15.5. The van der Waals surface area contributed by atoms with Crippen LogP contribution >= 0.6 is 0 Å². The van der Waals surface area contributed by atoms with Gasteiger partial charge in [-0.25, -0.2) is 8.78 Å². The van der Waals surface area contributed by atoms with Crippen LogP contribution < -0.4 is 10.1 Å². The van der Waals surface area contributed by atoms with Gasteiger partial charge in [-0.05, 0) is 54.1 Å². The number of halogens is 2. The highest BCUT2D eigenvalue weighted by Gasteiger charge is 2.15. The predicted octanol–water partition coefficient (Wildman–Crippen LogP) is 5.29. The predicted molar refractivity (Wildman–Crippen MR) is 129 cm³/mol. The molecule has 0 saturated carbocycles. The van der Waals surface area contributed by atoms with Crippen molar-refractivity contribution >= 4 is 23.2 Å². The van der Waals surface area contributed by atoms with Gasteiger partial charge in [-0.1, -0.05) is 18.2 Å². The van der Waals surface area contributed by atoms with Gasteiger partial charge in [0.25, 0.3) is 0 Å². The molecule has 1 aliphatic rings. The van der Waals surface area contributed by atoms with E-state index in [-0.39, 0.29) is 11.5 Å². The highest BCUT2D eigenvalue weighted by Crippen LogP contribution is 2.26. The van der Waals surface area contributed by atoms with Gasteiger partial charge < -0.3 is 14.8 Å². The molecule has 3 aromatic carbocycles. The molecule has 1 aliphatic heterocycles. The molecule has 5 nitrogen and oxygen atoms in total. The Morgan fingerprint density at radius 2 is 1.82 bits per heavy atom. The Balaban J connectivity index is 1.48. The molecule has 1 saturated heterocycles. The second-order valence-corrected chi connectivity index (χ2v) is 7.93. The Morgan fingerprint density at radius 1 is 1.06 bits per heavy atom. The molecule has 1 N–H and O–H groups in total.